The van der Waals surface area contributed by atoms with E-state index in [0.29, 0.717) is 43.8 Å². The van der Waals surface area contributed by atoms with Gasteiger partial charge in [-0.05, 0) is 24.7 Å². The van der Waals surface area contributed by atoms with Crippen LogP contribution in [-0.2, 0) is 0 Å². The van der Waals surface area contributed by atoms with Gasteiger partial charge in [-0.2, -0.15) is 0 Å². The van der Waals surface area contributed by atoms with E-state index in [1.165, 1.54) is 11.8 Å². The number of nitrogens with zero attached hydrogens (tertiary/aromatic N) is 3. The lowest BCUT2D eigenvalue weighted by Crippen LogP contribution is -2.31. The Bertz CT molecular complexity index is 1090. The minimum absolute atomic E-state index is 0.00779. The highest BCUT2D eigenvalue weighted by Crippen LogP contribution is 2.46. The molecule has 9 heteroatoms. The Morgan fingerprint density at radius 1 is 1.03 bits per heavy atom. The van der Waals surface area contributed by atoms with Crippen molar-refractivity contribution in [2.24, 2.45) is 5.41 Å². The Hall–Kier alpha value is -1.96. The number of hydrogen-bond donors (Lipinski definition) is 1. The van der Waals surface area contributed by atoms with Gasteiger partial charge in [0.25, 0.3) is 0 Å². The molecule has 2 heterocycles. The number of methoxy groups -OCH3 is 2. The summed E-state index contributed by atoms with van der Waals surface area (Å²) in [7, 11) is 3.09. The van der Waals surface area contributed by atoms with Crippen LogP contribution in [0.4, 0.5) is 5.82 Å². The Kier molecular flexibility index (Phi) is 7.08. The number of ether oxygens (including phenoxy) is 2. The summed E-state index contributed by atoms with van der Waals surface area (Å²) in [4.78, 5) is 14.0. The van der Waals surface area contributed by atoms with Crippen LogP contribution in [-0.4, -0.2) is 41.5 Å². The van der Waals surface area contributed by atoms with Gasteiger partial charge in [-0.3, -0.25) is 0 Å². The summed E-state index contributed by atoms with van der Waals surface area (Å²) < 4.78 is 10.8. The van der Waals surface area contributed by atoms with Crippen molar-refractivity contribution >= 4 is 51.7 Å². The van der Waals surface area contributed by atoms with E-state index < -0.39 is 0 Å². The molecule has 2 aromatic heterocycles. The van der Waals surface area contributed by atoms with Crippen molar-refractivity contribution in [2.75, 3.05) is 25.8 Å². The molecular formula is C22H26Cl2N4O2S. The number of hydrogen-bond acceptors (Lipinski definition) is 7. The molecule has 0 aliphatic carbocycles. The van der Waals surface area contributed by atoms with Crippen LogP contribution in [0.3, 0.4) is 0 Å². The maximum atomic E-state index is 6.65. The second-order valence-corrected chi connectivity index (χ2v) is 9.70. The topological polar surface area (TPSA) is 69.2 Å². The van der Waals surface area contributed by atoms with Gasteiger partial charge in [0.1, 0.15) is 17.0 Å². The van der Waals surface area contributed by atoms with Crippen LogP contribution in [0.25, 0.3) is 22.2 Å². The normalized spacial score (nSPS) is 12.7. The van der Waals surface area contributed by atoms with E-state index in [2.05, 4.69) is 43.0 Å². The first-order valence-electron chi connectivity index (χ1n) is 9.69. The molecule has 0 radical (unpaired) electrons. The Labute approximate surface area is 197 Å². The molecule has 1 N–H and O–H groups in total. The summed E-state index contributed by atoms with van der Waals surface area (Å²) in [6, 6.07) is 3.65. The zero-order valence-corrected chi connectivity index (χ0v) is 21.0. The van der Waals surface area contributed by atoms with Gasteiger partial charge in [-0.25, -0.2) is 15.0 Å². The maximum Gasteiger partial charge on any atom is 0.187 e. The van der Waals surface area contributed by atoms with Gasteiger partial charge >= 0.3 is 0 Å². The molecule has 0 amide bonds. The van der Waals surface area contributed by atoms with Gasteiger partial charge in [-0.1, -0.05) is 55.7 Å². The lowest BCUT2D eigenvalue weighted by molar-refractivity contribution is 0.359. The standard InChI is InChI=1S/C22H26Cl2N4O2S/c1-11(22(2,3)4)26-20-19-12(10-25-21(28-19)31-7)8-13(27-20)16-17(23)14(29-5)9-15(30-6)18(16)24/h8-11H,1-7H3,(H,26,27)/t11-/m0/s1. The molecule has 166 valence electrons. The van der Waals surface area contributed by atoms with Crippen LogP contribution in [0.15, 0.2) is 23.5 Å². The number of thioether (sulfide) groups is 1. The molecule has 3 rings (SSSR count). The summed E-state index contributed by atoms with van der Waals surface area (Å²) in [5.74, 6) is 1.54. The number of fused-ring (bicyclic) bond motifs is 1. The van der Waals surface area contributed by atoms with Gasteiger partial charge in [0.05, 0.1) is 30.0 Å². The number of benzene rings is 1. The predicted molar refractivity (Wildman–Crippen MR) is 130 cm³/mol. The van der Waals surface area contributed by atoms with Crippen molar-refractivity contribution in [3.8, 4) is 22.8 Å². The zero-order valence-electron chi connectivity index (χ0n) is 18.6. The van der Waals surface area contributed by atoms with Crippen LogP contribution in [0, 0.1) is 5.41 Å². The van der Waals surface area contributed by atoms with Crippen LogP contribution in [0.5, 0.6) is 11.5 Å². The first-order valence-corrected chi connectivity index (χ1v) is 11.7. The molecule has 0 unspecified atom stereocenters. The van der Waals surface area contributed by atoms with Gasteiger partial charge in [0, 0.05) is 29.3 Å². The van der Waals surface area contributed by atoms with Gasteiger partial charge in [0.2, 0.25) is 0 Å². The monoisotopic (exact) mass is 480 g/mol. The Balaban J connectivity index is 2.30. The highest BCUT2D eigenvalue weighted by Gasteiger charge is 2.24. The molecule has 0 saturated carbocycles. The lowest BCUT2D eigenvalue weighted by Gasteiger charge is -2.29. The summed E-state index contributed by atoms with van der Waals surface area (Å²) in [6.45, 7) is 8.62. The highest BCUT2D eigenvalue weighted by atomic mass is 35.5. The predicted octanol–water partition coefficient (Wildman–Crippen LogP) is 6.58. The van der Waals surface area contributed by atoms with E-state index >= 15 is 0 Å². The number of aromatic nitrogens is 3. The third-order valence-electron chi connectivity index (χ3n) is 5.21. The fourth-order valence-electron chi connectivity index (χ4n) is 2.88. The molecule has 6 nitrogen and oxygen atoms in total. The number of nitrogens with one attached hydrogen (secondary N) is 1. The summed E-state index contributed by atoms with van der Waals surface area (Å²) in [5, 5.41) is 5.73. The van der Waals surface area contributed by atoms with Crippen LogP contribution in [0.1, 0.15) is 27.7 Å². The quantitative estimate of drug-likeness (QED) is 0.315. The highest BCUT2D eigenvalue weighted by molar-refractivity contribution is 7.98. The molecule has 0 spiro atoms. The second kappa shape index (κ2) is 9.27. The molecule has 0 aliphatic rings. The molecular weight excluding hydrogens is 455 g/mol. The first kappa shape index (κ1) is 23.7. The molecule has 0 saturated heterocycles. The van der Waals surface area contributed by atoms with E-state index in [1.54, 1.807) is 26.5 Å². The van der Waals surface area contributed by atoms with Crippen molar-refractivity contribution in [1.29, 1.82) is 0 Å². The zero-order chi connectivity index (χ0) is 22.9. The van der Waals surface area contributed by atoms with Crippen LogP contribution < -0.4 is 14.8 Å². The first-order chi connectivity index (χ1) is 14.6. The lowest BCUT2D eigenvalue weighted by atomic mass is 9.88. The molecule has 0 bridgehead atoms. The van der Waals surface area contributed by atoms with E-state index in [9.17, 15) is 0 Å². The maximum absolute atomic E-state index is 6.65. The summed E-state index contributed by atoms with van der Waals surface area (Å²) in [6.07, 6.45) is 3.72. The van der Waals surface area contributed by atoms with Gasteiger partial charge in [0.15, 0.2) is 11.0 Å². The third kappa shape index (κ3) is 4.78. The van der Waals surface area contributed by atoms with Crippen molar-refractivity contribution < 1.29 is 9.47 Å². The van der Waals surface area contributed by atoms with Gasteiger partial charge < -0.3 is 14.8 Å². The van der Waals surface area contributed by atoms with Crippen LogP contribution >= 0.6 is 35.0 Å². The van der Waals surface area contributed by atoms with E-state index in [0.717, 1.165) is 10.9 Å². The SMILES string of the molecule is COc1cc(OC)c(Cl)c(-c2cc3cnc(SC)nc3c(N[C@@H](C)C(C)(C)C)n2)c1Cl. The average molecular weight is 481 g/mol. The minimum Gasteiger partial charge on any atom is -0.495 e. The largest absolute Gasteiger partial charge is 0.495 e. The number of rotatable bonds is 6. The van der Waals surface area contributed by atoms with E-state index in [1.807, 2.05) is 12.3 Å². The summed E-state index contributed by atoms with van der Waals surface area (Å²) >= 11 is 14.8. The molecule has 0 fully saturated rings. The average Bonchev–Trinajstić information content (AvgIpc) is 2.73. The number of anilines is 1. The fourth-order valence-corrected chi connectivity index (χ4v) is 3.92. The van der Waals surface area contributed by atoms with Gasteiger partial charge in [-0.15, -0.1) is 0 Å². The Morgan fingerprint density at radius 3 is 2.16 bits per heavy atom. The molecule has 1 atom stereocenters. The van der Waals surface area contributed by atoms with E-state index in [-0.39, 0.29) is 11.5 Å². The van der Waals surface area contributed by atoms with Crippen molar-refractivity contribution in [3.05, 3.63) is 28.4 Å². The van der Waals surface area contributed by atoms with Crippen molar-refractivity contribution in [1.82, 2.24) is 15.0 Å². The number of pyridine rings is 1. The summed E-state index contributed by atoms with van der Waals surface area (Å²) in [5.41, 5.74) is 1.85. The van der Waals surface area contributed by atoms with E-state index in [4.69, 9.17) is 37.7 Å². The molecule has 31 heavy (non-hydrogen) atoms. The van der Waals surface area contributed by atoms with Crippen LogP contribution in [0.2, 0.25) is 10.0 Å². The number of halogens is 2. The molecule has 3 aromatic rings. The second-order valence-electron chi connectivity index (χ2n) is 8.17. The molecule has 0 aliphatic heterocycles. The van der Waals surface area contributed by atoms with Crippen molar-refractivity contribution in [3.63, 3.8) is 0 Å². The third-order valence-corrected chi connectivity index (χ3v) is 6.52. The Morgan fingerprint density at radius 2 is 1.65 bits per heavy atom. The fraction of sp³-hybridized carbons (Fsp3) is 0.409. The smallest absolute Gasteiger partial charge is 0.187 e. The minimum atomic E-state index is 0.00779. The molecule has 1 aromatic carbocycles. The van der Waals surface area contributed by atoms with Crippen molar-refractivity contribution in [2.45, 2.75) is 38.9 Å².